The van der Waals surface area contributed by atoms with Gasteiger partial charge < -0.3 is 9.66 Å². The van der Waals surface area contributed by atoms with Crippen LogP contribution in [0, 0.1) is 4.91 Å². The average Bonchev–Trinajstić information content (AvgIpc) is 2.28. The van der Waals surface area contributed by atoms with E-state index in [4.69, 9.17) is 0 Å². The first-order chi connectivity index (χ1) is 7.63. The minimum absolute atomic E-state index is 0.0827. The second kappa shape index (κ2) is 3.99. The molecule has 0 aliphatic carbocycles. The summed E-state index contributed by atoms with van der Waals surface area (Å²) >= 11 is -2.32. The molecule has 16 heavy (non-hydrogen) atoms. The molecule has 0 radical (unpaired) electrons. The number of benzene rings is 2. The smallest absolute Gasteiger partial charge is 0.157 e. The van der Waals surface area contributed by atoms with Crippen LogP contribution >= 0.6 is 0 Å². The van der Waals surface area contributed by atoms with Crippen LogP contribution < -0.4 is 0 Å². The summed E-state index contributed by atoms with van der Waals surface area (Å²) in [4.78, 5) is 10.6. The first-order valence-corrected chi connectivity index (χ1v) is 5.39. The van der Waals surface area contributed by atoms with E-state index >= 15 is 0 Å². The number of phenolic OH excluding ortho intramolecular Hbond substituents is 1. The van der Waals surface area contributed by atoms with E-state index in [0.29, 0.717) is 10.8 Å². The highest BCUT2D eigenvalue weighted by Crippen LogP contribution is 2.35. The molecule has 0 aromatic heterocycles. The quantitative estimate of drug-likeness (QED) is 0.639. The third-order valence-corrected chi connectivity index (χ3v) is 2.86. The molecule has 0 amide bonds. The van der Waals surface area contributed by atoms with E-state index in [9.17, 15) is 18.8 Å². The van der Waals surface area contributed by atoms with E-state index in [1.807, 2.05) is 0 Å². The molecule has 0 aliphatic rings. The molecule has 0 saturated carbocycles. The lowest BCUT2D eigenvalue weighted by atomic mass is 10.1. The topological polar surface area (TPSA) is 89.8 Å². The summed E-state index contributed by atoms with van der Waals surface area (Å²) in [5.41, 5.74) is -0.0827. The van der Waals surface area contributed by atoms with Gasteiger partial charge in [-0.25, -0.2) is 0 Å². The third-order valence-electron chi connectivity index (χ3n) is 2.23. The maximum Gasteiger partial charge on any atom is 0.157 e. The Bertz CT molecular complexity index is 597. The lowest BCUT2D eigenvalue weighted by molar-refractivity contribution is 0.477. The highest BCUT2D eigenvalue weighted by Gasteiger charge is 2.07. The van der Waals surface area contributed by atoms with Gasteiger partial charge in [0.1, 0.15) is 5.75 Å². The van der Waals surface area contributed by atoms with E-state index in [-0.39, 0.29) is 16.3 Å². The van der Waals surface area contributed by atoms with Gasteiger partial charge in [0, 0.05) is 10.3 Å². The van der Waals surface area contributed by atoms with Crippen molar-refractivity contribution in [2.24, 2.45) is 5.18 Å². The van der Waals surface area contributed by atoms with E-state index in [1.165, 1.54) is 30.3 Å². The Morgan fingerprint density at radius 3 is 2.62 bits per heavy atom. The number of aromatic hydroxyl groups is 1. The fourth-order valence-corrected chi connectivity index (χ4v) is 1.88. The van der Waals surface area contributed by atoms with Gasteiger partial charge in [-0.2, -0.15) is 0 Å². The molecule has 0 heterocycles. The second-order valence-electron chi connectivity index (χ2n) is 3.14. The van der Waals surface area contributed by atoms with Crippen LogP contribution in [0.1, 0.15) is 0 Å². The van der Waals surface area contributed by atoms with Crippen LogP contribution in [0.3, 0.4) is 0 Å². The lowest BCUT2D eigenvalue weighted by Crippen LogP contribution is -1.88. The molecule has 0 spiro atoms. The zero-order valence-corrected chi connectivity index (χ0v) is 8.73. The Hall–Kier alpha value is -1.79. The van der Waals surface area contributed by atoms with Crippen LogP contribution in [-0.4, -0.2) is 13.9 Å². The fraction of sp³-hybridized carbons (Fsp3) is 0. The van der Waals surface area contributed by atoms with Gasteiger partial charge in [0.15, 0.2) is 5.69 Å². The van der Waals surface area contributed by atoms with Crippen molar-refractivity contribution < 1.29 is 13.9 Å². The number of nitroso groups, excluding NO2 is 1. The van der Waals surface area contributed by atoms with Crippen molar-refractivity contribution in [3.63, 3.8) is 0 Å². The summed E-state index contributed by atoms with van der Waals surface area (Å²) < 4.78 is 21.5. The van der Waals surface area contributed by atoms with Gasteiger partial charge in [-0.3, -0.25) is 4.21 Å². The number of phenols is 1. The molecule has 1 atom stereocenters. The SMILES string of the molecule is O=Nc1c(O)ccc2cc(S(=O)[O-])ccc12. The normalized spacial score (nSPS) is 12.6. The summed E-state index contributed by atoms with van der Waals surface area (Å²) in [6.45, 7) is 0. The Labute approximate surface area is 93.0 Å². The number of hydrogen-bond acceptors (Lipinski definition) is 5. The lowest BCUT2D eigenvalue weighted by Gasteiger charge is -2.07. The Balaban J connectivity index is 2.78. The van der Waals surface area contributed by atoms with Gasteiger partial charge in [0.05, 0.1) is 0 Å². The van der Waals surface area contributed by atoms with Crippen molar-refractivity contribution >= 4 is 27.5 Å². The molecule has 0 saturated heterocycles. The molecule has 6 heteroatoms. The largest absolute Gasteiger partial charge is 0.768 e. The Morgan fingerprint density at radius 1 is 1.25 bits per heavy atom. The van der Waals surface area contributed by atoms with Gasteiger partial charge in [-0.1, -0.05) is 12.1 Å². The van der Waals surface area contributed by atoms with Crippen molar-refractivity contribution in [3.05, 3.63) is 35.2 Å². The molecule has 0 fully saturated rings. The van der Waals surface area contributed by atoms with E-state index in [0.717, 1.165) is 0 Å². The van der Waals surface area contributed by atoms with Gasteiger partial charge in [0.25, 0.3) is 0 Å². The minimum atomic E-state index is -2.32. The van der Waals surface area contributed by atoms with Crippen molar-refractivity contribution in [3.8, 4) is 5.75 Å². The summed E-state index contributed by atoms with van der Waals surface area (Å²) in [5.74, 6) is -0.224. The highest BCUT2D eigenvalue weighted by atomic mass is 32.2. The fourth-order valence-electron chi connectivity index (χ4n) is 1.48. The summed E-state index contributed by atoms with van der Waals surface area (Å²) in [7, 11) is 0. The molecule has 82 valence electrons. The van der Waals surface area contributed by atoms with E-state index < -0.39 is 11.1 Å². The standard InChI is InChI=1S/C10H7NO4S/c12-9-4-1-6-5-7(16(14)15)2-3-8(6)10(9)11-13/h1-5,12H,(H,14,15)/p-1. The summed E-state index contributed by atoms with van der Waals surface area (Å²) in [6, 6.07) is 7.02. The number of fused-ring (bicyclic) bond motifs is 1. The van der Waals surface area contributed by atoms with Crippen molar-refractivity contribution in [2.45, 2.75) is 4.90 Å². The van der Waals surface area contributed by atoms with Crippen LogP contribution in [-0.2, 0) is 11.1 Å². The van der Waals surface area contributed by atoms with Crippen LogP contribution in [0.15, 0.2) is 40.4 Å². The van der Waals surface area contributed by atoms with Crippen LogP contribution in [0.2, 0.25) is 0 Å². The number of rotatable bonds is 2. The maximum absolute atomic E-state index is 10.7. The average molecular weight is 236 g/mol. The third kappa shape index (κ3) is 1.68. The molecule has 2 aromatic carbocycles. The van der Waals surface area contributed by atoms with Crippen LogP contribution in [0.5, 0.6) is 5.75 Å². The monoisotopic (exact) mass is 236 g/mol. The van der Waals surface area contributed by atoms with Crippen molar-refractivity contribution in [2.75, 3.05) is 0 Å². The highest BCUT2D eigenvalue weighted by molar-refractivity contribution is 7.79. The zero-order chi connectivity index (χ0) is 11.7. The van der Waals surface area contributed by atoms with Gasteiger partial charge in [-0.15, -0.1) is 4.91 Å². The molecule has 1 unspecified atom stereocenters. The predicted molar refractivity (Wildman–Crippen MR) is 58.3 cm³/mol. The van der Waals surface area contributed by atoms with Gasteiger partial charge in [-0.05, 0) is 39.8 Å². The first kappa shape index (κ1) is 10.7. The predicted octanol–water partition coefficient (Wildman–Crippen LogP) is 2.18. The Kier molecular flexibility index (Phi) is 2.67. The molecule has 2 rings (SSSR count). The maximum atomic E-state index is 10.7. The van der Waals surface area contributed by atoms with E-state index in [2.05, 4.69) is 5.18 Å². The van der Waals surface area contributed by atoms with Crippen molar-refractivity contribution in [1.82, 2.24) is 0 Å². The number of nitrogens with zero attached hydrogens (tertiary/aromatic N) is 1. The molecule has 1 N–H and O–H groups in total. The molecular weight excluding hydrogens is 230 g/mol. The minimum Gasteiger partial charge on any atom is -0.768 e. The molecule has 5 nitrogen and oxygen atoms in total. The number of hydrogen-bond donors (Lipinski definition) is 1. The first-order valence-electron chi connectivity index (χ1n) is 4.32. The van der Waals surface area contributed by atoms with Crippen LogP contribution in [0.4, 0.5) is 5.69 Å². The second-order valence-corrected chi connectivity index (χ2v) is 4.08. The molecule has 2 aromatic rings. The summed E-state index contributed by atoms with van der Waals surface area (Å²) in [5, 5.41) is 13.0. The molecular formula is C10H6NO4S-. The zero-order valence-electron chi connectivity index (χ0n) is 7.91. The van der Waals surface area contributed by atoms with Gasteiger partial charge >= 0.3 is 0 Å². The molecule has 0 aliphatic heterocycles. The van der Waals surface area contributed by atoms with Crippen LogP contribution in [0.25, 0.3) is 10.8 Å². The molecule has 0 bridgehead atoms. The van der Waals surface area contributed by atoms with E-state index in [1.54, 1.807) is 0 Å². The summed E-state index contributed by atoms with van der Waals surface area (Å²) in [6.07, 6.45) is 0. The van der Waals surface area contributed by atoms with Gasteiger partial charge in [0.2, 0.25) is 0 Å². The Morgan fingerprint density at radius 2 is 2.00 bits per heavy atom. The van der Waals surface area contributed by atoms with Crippen molar-refractivity contribution in [1.29, 1.82) is 0 Å².